The first-order valence-corrected chi connectivity index (χ1v) is 7.78. The Balaban J connectivity index is 2.51. The van der Waals surface area contributed by atoms with Crippen molar-refractivity contribution in [3.05, 3.63) is 16.0 Å². The predicted octanol–water partition coefficient (Wildman–Crippen LogP) is 2.39. The van der Waals surface area contributed by atoms with Gasteiger partial charge in [-0.25, -0.2) is 0 Å². The first-order chi connectivity index (χ1) is 10.0. The number of aromatic nitrogens is 3. The van der Waals surface area contributed by atoms with Gasteiger partial charge in [0.05, 0.1) is 0 Å². The van der Waals surface area contributed by atoms with Crippen LogP contribution in [0.1, 0.15) is 64.0 Å². The van der Waals surface area contributed by atoms with Crippen molar-refractivity contribution in [1.29, 1.82) is 0 Å². The molecule has 1 aliphatic rings. The van der Waals surface area contributed by atoms with Crippen molar-refractivity contribution in [3.8, 4) is 0 Å². The molecule has 0 N–H and O–H groups in total. The average Bonchev–Trinajstić information content (AvgIpc) is 2.49. The predicted molar refractivity (Wildman–Crippen MR) is 85.2 cm³/mol. The Morgan fingerprint density at radius 3 is 2.48 bits per heavy atom. The number of hydrogen-bond acceptors (Lipinski definition) is 5. The third-order valence-electron chi connectivity index (χ3n) is 4.00. The summed E-state index contributed by atoms with van der Waals surface area (Å²) >= 11 is 0. The molecule has 1 aromatic rings. The van der Waals surface area contributed by atoms with E-state index in [0.29, 0.717) is 11.6 Å². The van der Waals surface area contributed by atoms with Gasteiger partial charge in [-0.05, 0) is 32.1 Å². The van der Waals surface area contributed by atoms with Crippen molar-refractivity contribution in [1.82, 2.24) is 14.9 Å². The Labute approximate surface area is 125 Å². The highest BCUT2D eigenvalue weighted by molar-refractivity contribution is 5.85. The second-order valence-corrected chi connectivity index (χ2v) is 5.93. The Morgan fingerprint density at radius 2 is 1.90 bits per heavy atom. The summed E-state index contributed by atoms with van der Waals surface area (Å²) in [4.78, 5) is 14.5. The highest BCUT2D eigenvalue weighted by Gasteiger charge is 2.18. The van der Waals surface area contributed by atoms with E-state index in [2.05, 4.69) is 15.3 Å². The quantitative estimate of drug-likeness (QED) is 0.854. The van der Waals surface area contributed by atoms with Gasteiger partial charge in [0.2, 0.25) is 5.95 Å². The third kappa shape index (κ3) is 3.49. The number of anilines is 1. The normalized spacial score (nSPS) is 16.7. The van der Waals surface area contributed by atoms with E-state index in [1.165, 1.54) is 11.1 Å². The molecule has 1 aliphatic carbocycles. The molecule has 6 heteroatoms. The molecule has 116 valence electrons. The van der Waals surface area contributed by atoms with Gasteiger partial charge >= 0.3 is 0 Å². The van der Waals surface area contributed by atoms with Gasteiger partial charge in [0.1, 0.15) is 5.69 Å². The Morgan fingerprint density at radius 1 is 1.24 bits per heavy atom. The van der Waals surface area contributed by atoms with Crippen LogP contribution in [0, 0.1) is 0 Å². The molecule has 21 heavy (non-hydrogen) atoms. The average molecular weight is 291 g/mol. The molecule has 2 rings (SSSR count). The van der Waals surface area contributed by atoms with Crippen molar-refractivity contribution in [3.63, 3.8) is 0 Å². The maximum absolute atomic E-state index is 12.7. The van der Waals surface area contributed by atoms with Crippen LogP contribution in [0.15, 0.2) is 9.90 Å². The smallest absolute Gasteiger partial charge is 0.297 e. The van der Waals surface area contributed by atoms with Crippen molar-refractivity contribution >= 4 is 11.7 Å². The van der Waals surface area contributed by atoms with Crippen LogP contribution in [0.2, 0.25) is 0 Å². The van der Waals surface area contributed by atoms with Crippen molar-refractivity contribution < 1.29 is 0 Å². The largest absolute Gasteiger partial charge is 0.346 e. The van der Waals surface area contributed by atoms with E-state index in [-0.39, 0.29) is 11.5 Å². The minimum atomic E-state index is -0.138. The van der Waals surface area contributed by atoms with E-state index in [1.54, 1.807) is 4.90 Å². The molecular formula is C15H25N5O. The van der Waals surface area contributed by atoms with Crippen molar-refractivity contribution in [2.45, 2.75) is 58.3 Å². The summed E-state index contributed by atoms with van der Waals surface area (Å²) in [6, 6.07) is 0. The summed E-state index contributed by atoms with van der Waals surface area (Å²) in [7, 11) is 3.70. The standard InChI is InChI=1S/C15H25N5O/c1-5-11(2)13-14(21)20(15(17-16-13)19(3)4)18-12-9-7-6-8-10-12/h11H,5-10H2,1-4H3. The summed E-state index contributed by atoms with van der Waals surface area (Å²) in [6.07, 6.45) is 6.37. The van der Waals surface area contributed by atoms with Gasteiger partial charge in [-0.2, -0.15) is 9.78 Å². The van der Waals surface area contributed by atoms with Crippen LogP contribution in [-0.4, -0.2) is 34.7 Å². The third-order valence-corrected chi connectivity index (χ3v) is 4.00. The zero-order valence-electron chi connectivity index (χ0n) is 13.5. The van der Waals surface area contributed by atoms with Gasteiger partial charge in [-0.3, -0.25) is 4.79 Å². The van der Waals surface area contributed by atoms with E-state index in [4.69, 9.17) is 0 Å². The molecule has 0 saturated heterocycles. The minimum absolute atomic E-state index is 0.0963. The van der Waals surface area contributed by atoms with Crippen LogP contribution in [0.5, 0.6) is 0 Å². The van der Waals surface area contributed by atoms with E-state index < -0.39 is 0 Å². The highest BCUT2D eigenvalue weighted by atomic mass is 16.1. The van der Waals surface area contributed by atoms with E-state index in [0.717, 1.165) is 37.8 Å². The summed E-state index contributed by atoms with van der Waals surface area (Å²) in [6.45, 7) is 4.04. The summed E-state index contributed by atoms with van der Waals surface area (Å²) < 4.78 is 1.44. The van der Waals surface area contributed by atoms with Crippen molar-refractivity contribution in [2.75, 3.05) is 19.0 Å². The molecule has 1 atom stereocenters. The van der Waals surface area contributed by atoms with Crippen LogP contribution < -0.4 is 10.5 Å². The molecule has 0 amide bonds. The Hall–Kier alpha value is -1.72. The molecule has 0 bridgehead atoms. The Bertz CT molecular complexity index is 568. The maximum atomic E-state index is 12.7. The van der Waals surface area contributed by atoms with Crippen LogP contribution in [0.25, 0.3) is 0 Å². The maximum Gasteiger partial charge on any atom is 0.297 e. The fourth-order valence-electron chi connectivity index (χ4n) is 2.46. The van der Waals surface area contributed by atoms with Gasteiger partial charge in [0.25, 0.3) is 5.56 Å². The zero-order chi connectivity index (χ0) is 15.4. The molecule has 0 radical (unpaired) electrons. The molecule has 1 aromatic heterocycles. The molecular weight excluding hydrogens is 266 g/mol. The molecule has 1 heterocycles. The molecule has 1 fully saturated rings. The van der Waals surface area contributed by atoms with Crippen LogP contribution in [0.3, 0.4) is 0 Å². The molecule has 0 spiro atoms. The van der Waals surface area contributed by atoms with Gasteiger partial charge in [0.15, 0.2) is 0 Å². The van der Waals surface area contributed by atoms with Gasteiger partial charge in [-0.15, -0.1) is 10.2 Å². The molecule has 0 aliphatic heterocycles. The van der Waals surface area contributed by atoms with Crippen molar-refractivity contribution in [2.24, 2.45) is 5.10 Å². The van der Waals surface area contributed by atoms with E-state index >= 15 is 0 Å². The molecule has 1 saturated carbocycles. The van der Waals surface area contributed by atoms with Gasteiger partial charge in [-0.1, -0.05) is 20.3 Å². The van der Waals surface area contributed by atoms with Crippen LogP contribution in [-0.2, 0) is 0 Å². The summed E-state index contributed by atoms with van der Waals surface area (Å²) in [5.41, 5.74) is 1.46. The second-order valence-electron chi connectivity index (χ2n) is 5.93. The summed E-state index contributed by atoms with van der Waals surface area (Å²) in [5.74, 6) is 0.587. The van der Waals surface area contributed by atoms with E-state index in [1.807, 2.05) is 27.9 Å². The van der Waals surface area contributed by atoms with Gasteiger partial charge in [0, 0.05) is 25.7 Å². The lowest BCUT2D eigenvalue weighted by Gasteiger charge is -2.18. The molecule has 1 unspecified atom stereocenters. The number of hydrogen-bond donors (Lipinski definition) is 0. The van der Waals surface area contributed by atoms with E-state index in [9.17, 15) is 4.79 Å². The highest BCUT2D eigenvalue weighted by Crippen LogP contribution is 2.17. The topological polar surface area (TPSA) is 63.4 Å². The van der Waals surface area contributed by atoms with Crippen LogP contribution in [0.4, 0.5) is 5.95 Å². The lowest BCUT2D eigenvalue weighted by atomic mass is 9.99. The van der Waals surface area contributed by atoms with Crippen LogP contribution >= 0.6 is 0 Å². The summed E-state index contributed by atoms with van der Waals surface area (Å²) in [5, 5.41) is 12.9. The second kappa shape index (κ2) is 6.83. The fourth-order valence-corrected chi connectivity index (χ4v) is 2.46. The first kappa shape index (κ1) is 15.7. The fraction of sp³-hybridized carbons (Fsp3) is 0.733. The monoisotopic (exact) mass is 291 g/mol. The Kier molecular flexibility index (Phi) is 5.09. The first-order valence-electron chi connectivity index (χ1n) is 7.78. The molecule has 6 nitrogen and oxygen atoms in total. The minimum Gasteiger partial charge on any atom is -0.346 e. The lowest BCUT2D eigenvalue weighted by Crippen LogP contribution is -2.31. The molecule has 0 aromatic carbocycles. The SMILES string of the molecule is CCC(C)c1nnc(N(C)C)n(N=C2CCCCC2)c1=O. The number of nitrogens with zero attached hydrogens (tertiary/aromatic N) is 5. The number of rotatable bonds is 4. The zero-order valence-corrected chi connectivity index (χ0v) is 13.5. The van der Waals surface area contributed by atoms with Gasteiger partial charge < -0.3 is 4.90 Å². The lowest BCUT2D eigenvalue weighted by molar-refractivity contribution is 0.618.